The first-order chi connectivity index (χ1) is 9.58. The summed E-state index contributed by atoms with van der Waals surface area (Å²) in [5.74, 6) is 0. The zero-order chi connectivity index (χ0) is 14.8. The Kier molecular flexibility index (Phi) is 8.57. The molecule has 1 fully saturated rings. The standard InChI is InChI=1S/C19H33N/c1-16(2)10-8-11-17(3)12-9-13-18(4)20-19-14-6-5-7-15-19/h10,12,19H,5-9,11,13-15H2,1-4H3. The van der Waals surface area contributed by atoms with Gasteiger partial charge < -0.3 is 0 Å². The van der Waals surface area contributed by atoms with Crippen LogP contribution >= 0.6 is 0 Å². The first kappa shape index (κ1) is 17.2. The fourth-order valence-corrected chi connectivity index (χ4v) is 2.80. The van der Waals surface area contributed by atoms with Gasteiger partial charge in [-0.3, -0.25) is 4.99 Å². The highest BCUT2D eigenvalue weighted by atomic mass is 14.8. The second-order valence-corrected chi connectivity index (χ2v) is 6.57. The Morgan fingerprint density at radius 3 is 2.20 bits per heavy atom. The van der Waals surface area contributed by atoms with Crippen LogP contribution in [0.15, 0.2) is 28.3 Å². The fraction of sp³-hybridized carbons (Fsp3) is 0.737. The zero-order valence-electron chi connectivity index (χ0n) is 14.0. The van der Waals surface area contributed by atoms with E-state index in [9.17, 15) is 0 Å². The van der Waals surface area contributed by atoms with Gasteiger partial charge in [-0.15, -0.1) is 0 Å². The van der Waals surface area contributed by atoms with Crippen molar-refractivity contribution in [3.05, 3.63) is 23.3 Å². The van der Waals surface area contributed by atoms with Crippen LogP contribution in [-0.2, 0) is 0 Å². The van der Waals surface area contributed by atoms with Gasteiger partial charge in [-0.05, 0) is 66.2 Å². The SMILES string of the molecule is CC(C)=CCCC(C)=CCCC(C)=NC1CCCCC1. The van der Waals surface area contributed by atoms with Gasteiger partial charge in [-0.25, -0.2) is 0 Å². The molecule has 0 amide bonds. The molecule has 0 heterocycles. The summed E-state index contributed by atoms with van der Waals surface area (Å²) >= 11 is 0. The monoisotopic (exact) mass is 275 g/mol. The molecule has 1 rings (SSSR count). The van der Waals surface area contributed by atoms with Crippen molar-refractivity contribution in [1.29, 1.82) is 0 Å². The molecule has 20 heavy (non-hydrogen) atoms. The van der Waals surface area contributed by atoms with Crippen LogP contribution in [0, 0.1) is 0 Å². The van der Waals surface area contributed by atoms with E-state index in [2.05, 4.69) is 39.8 Å². The summed E-state index contributed by atoms with van der Waals surface area (Å²) in [6.07, 6.45) is 16.2. The molecular formula is C19H33N. The van der Waals surface area contributed by atoms with Crippen molar-refractivity contribution < 1.29 is 0 Å². The van der Waals surface area contributed by atoms with Crippen molar-refractivity contribution in [2.45, 2.75) is 91.5 Å². The van der Waals surface area contributed by atoms with Gasteiger partial charge in [0.05, 0.1) is 0 Å². The maximum Gasteiger partial charge on any atom is 0.0498 e. The lowest BCUT2D eigenvalue weighted by Gasteiger charge is -2.18. The highest BCUT2D eigenvalue weighted by molar-refractivity contribution is 5.82. The number of hydrogen-bond acceptors (Lipinski definition) is 1. The Hall–Kier alpha value is -0.850. The molecule has 1 aliphatic rings. The van der Waals surface area contributed by atoms with Crippen molar-refractivity contribution in [1.82, 2.24) is 0 Å². The summed E-state index contributed by atoms with van der Waals surface area (Å²) in [6, 6.07) is 0.631. The van der Waals surface area contributed by atoms with E-state index in [1.165, 1.54) is 61.8 Å². The number of rotatable bonds is 7. The van der Waals surface area contributed by atoms with E-state index >= 15 is 0 Å². The van der Waals surface area contributed by atoms with E-state index in [0.29, 0.717) is 6.04 Å². The molecule has 1 nitrogen and oxygen atoms in total. The average molecular weight is 275 g/mol. The molecule has 0 N–H and O–H groups in total. The molecule has 0 unspecified atom stereocenters. The molecule has 0 aromatic rings. The summed E-state index contributed by atoms with van der Waals surface area (Å²) in [5, 5.41) is 0. The van der Waals surface area contributed by atoms with Gasteiger partial charge in [0.15, 0.2) is 0 Å². The Labute approximate surface area is 126 Å². The van der Waals surface area contributed by atoms with Gasteiger partial charge in [0.1, 0.15) is 0 Å². The van der Waals surface area contributed by atoms with E-state index in [4.69, 9.17) is 4.99 Å². The van der Waals surface area contributed by atoms with Crippen LogP contribution in [0.3, 0.4) is 0 Å². The minimum atomic E-state index is 0.631. The summed E-state index contributed by atoms with van der Waals surface area (Å²) in [4.78, 5) is 4.90. The normalized spacial score (nSPS) is 18.2. The molecule has 0 atom stereocenters. The zero-order valence-corrected chi connectivity index (χ0v) is 14.0. The number of allylic oxidation sites excluding steroid dienone is 4. The smallest absolute Gasteiger partial charge is 0.0498 e. The minimum Gasteiger partial charge on any atom is -0.291 e. The van der Waals surface area contributed by atoms with E-state index < -0.39 is 0 Å². The molecule has 0 bridgehead atoms. The lowest BCUT2D eigenvalue weighted by Crippen LogP contribution is -2.11. The Morgan fingerprint density at radius 2 is 1.55 bits per heavy atom. The van der Waals surface area contributed by atoms with Crippen LogP contribution in [0.5, 0.6) is 0 Å². The minimum absolute atomic E-state index is 0.631. The summed E-state index contributed by atoms with van der Waals surface area (Å²) in [7, 11) is 0. The molecule has 0 aromatic heterocycles. The third-order valence-electron chi connectivity index (χ3n) is 4.07. The molecule has 0 radical (unpaired) electrons. The molecule has 0 saturated heterocycles. The highest BCUT2D eigenvalue weighted by Gasteiger charge is 2.11. The molecule has 114 valence electrons. The molecule has 0 spiro atoms. The van der Waals surface area contributed by atoms with Gasteiger partial charge >= 0.3 is 0 Å². The Bertz CT molecular complexity index is 350. The molecule has 0 aliphatic heterocycles. The van der Waals surface area contributed by atoms with Crippen molar-refractivity contribution in [2.24, 2.45) is 4.99 Å². The van der Waals surface area contributed by atoms with E-state index in [1.807, 2.05) is 0 Å². The third-order valence-corrected chi connectivity index (χ3v) is 4.07. The van der Waals surface area contributed by atoms with Crippen LogP contribution < -0.4 is 0 Å². The second kappa shape index (κ2) is 9.96. The van der Waals surface area contributed by atoms with Crippen LogP contribution in [0.1, 0.15) is 85.5 Å². The van der Waals surface area contributed by atoms with Gasteiger partial charge in [-0.2, -0.15) is 0 Å². The summed E-state index contributed by atoms with van der Waals surface area (Å²) < 4.78 is 0. The Balaban J connectivity index is 2.24. The maximum atomic E-state index is 4.90. The first-order valence-corrected chi connectivity index (χ1v) is 8.40. The molecular weight excluding hydrogens is 242 g/mol. The Morgan fingerprint density at radius 1 is 0.900 bits per heavy atom. The van der Waals surface area contributed by atoms with Crippen LogP contribution in [0.4, 0.5) is 0 Å². The first-order valence-electron chi connectivity index (χ1n) is 8.40. The van der Waals surface area contributed by atoms with Crippen molar-refractivity contribution >= 4 is 5.71 Å². The number of nitrogens with zero attached hydrogens (tertiary/aromatic N) is 1. The average Bonchev–Trinajstić information content (AvgIpc) is 2.39. The predicted octanol–water partition coefficient (Wildman–Crippen LogP) is 6.25. The quantitative estimate of drug-likeness (QED) is 0.384. The van der Waals surface area contributed by atoms with Gasteiger partial charge in [0.2, 0.25) is 0 Å². The van der Waals surface area contributed by atoms with E-state index in [0.717, 1.165) is 12.8 Å². The fourth-order valence-electron chi connectivity index (χ4n) is 2.80. The predicted molar refractivity (Wildman–Crippen MR) is 91.6 cm³/mol. The molecule has 1 saturated carbocycles. The van der Waals surface area contributed by atoms with Crippen molar-refractivity contribution in [3.8, 4) is 0 Å². The highest BCUT2D eigenvalue weighted by Crippen LogP contribution is 2.20. The van der Waals surface area contributed by atoms with Crippen molar-refractivity contribution in [3.63, 3.8) is 0 Å². The molecule has 1 aliphatic carbocycles. The lowest BCUT2D eigenvalue weighted by molar-refractivity contribution is 0.443. The van der Waals surface area contributed by atoms with Crippen LogP contribution in [0.25, 0.3) is 0 Å². The molecule has 1 heteroatoms. The third kappa shape index (κ3) is 8.35. The van der Waals surface area contributed by atoms with Gasteiger partial charge in [0, 0.05) is 11.8 Å². The summed E-state index contributed by atoms with van der Waals surface area (Å²) in [6.45, 7) is 8.81. The number of aliphatic imine (C=N–C) groups is 1. The van der Waals surface area contributed by atoms with Crippen LogP contribution in [0.2, 0.25) is 0 Å². The maximum absolute atomic E-state index is 4.90. The topological polar surface area (TPSA) is 12.4 Å². The van der Waals surface area contributed by atoms with Gasteiger partial charge in [0.25, 0.3) is 0 Å². The van der Waals surface area contributed by atoms with E-state index in [1.54, 1.807) is 0 Å². The van der Waals surface area contributed by atoms with Crippen LogP contribution in [-0.4, -0.2) is 11.8 Å². The van der Waals surface area contributed by atoms with Gasteiger partial charge in [-0.1, -0.05) is 42.6 Å². The number of hydrogen-bond donors (Lipinski definition) is 0. The van der Waals surface area contributed by atoms with Crippen molar-refractivity contribution in [2.75, 3.05) is 0 Å². The van der Waals surface area contributed by atoms with E-state index in [-0.39, 0.29) is 0 Å². The summed E-state index contributed by atoms with van der Waals surface area (Å²) in [5.41, 5.74) is 4.30. The lowest BCUT2D eigenvalue weighted by atomic mass is 9.96. The largest absolute Gasteiger partial charge is 0.291 e. The molecule has 0 aromatic carbocycles. The second-order valence-electron chi connectivity index (χ2n) is 6.57.